The van der Waals surface area contributed by atoms with Gasteiger partial charge in [-0.3, -0.25) is 4.99 Å². The van der Waals surface area contributed by atoms with Crippen molar-refractivity contribution in [1.82, 2.24) is 19.7 Å². The van der Waals surface area contributed by atoms with Gasteiger partial charge in [-0.05, 0) is 72.4 Å². The number of halogens is 1. The van der Waals surface area contributed by atoms with E-state index in [1.807, 2.05) is 37.4 Å². The van der Waals surface area contributed by atoms with Gasteiger partial charge in [0.25, 0.3) is 0 Å². The average molecular weight is 507 g/mol. The number of benzene rings is 3. The van der Waals surface area contributed by atoms with Crippen LogP contribution in [-0.2, 0) is 13.6 Å². The Morgan fingerprint density at radius 1 is 1.16 bits per heavy atom. The van der Waals surface area contributed by atoms with E-state index in [2.05, 4.69) is 26.2 Å². The van der Waals surface area contributed by atoms with Crippen LogP contribution in [0.3, 0.4) is 0 Å². The molecule has 9 heteroatoms. The lowest BCUT2D eigenvalue weighted by Crippen LogP contribution is -2.12. The summed E-state index contributed by atoms with van der Waals surface area (Å²) in [5.74, 6) is 0.552. The lowest BCUT2D eigenvalue weighted by Gasteiger charge is -2.10. The molecule has 0 saturated heterocycles. The van der Waals surface area contributed by atoms with E-state index in [-0.39, 0.29) is 5.82 Å². The summed E-state index contributed by atoms with van der Waals surface area (Å²) in [4.78, 5) is 9.25. The van der Waals surface area contributed by atoms with Crippen LogP contribution in [0.15, 0.2) is 70.3 Å². The minimum absolute atomic E-state index is 0.365. The number of aryl methyl sites for hydroxylation is 1. The number of nitriles is 1. The fraction of sp³-hybridized carbons (Fsp3) is 0.207. The molecule has 1 aliphatic rings. The molecule has 188 valence electrons. The van der Waals surface area contributed by atoms with Gasteiger partial charge in [0.15, 0.2) is 11.4 Å². The fourth-order valence-electron chi connectivity index (χ4n) is 4.88. The molecule has 6 rings (SSSR count). The number of hydrogen-bond donors (Lipinski definition) is 1. The van der Waals surface area contributed by atoms with Gasteiger partial charge >= 0.3 is 0 Å². The van der Waals surface area contributed by atoms with Crippen molar-refractivity contribution >= 4 is 16.8 Å². The average Bonchev–Trinajstić information content (AvgIpc) is 3.66. The van der Waals surface area contributed by atoms with Crippen LogP contribution in [0.4, 0.5) is 4.39 Å². The van der Waals surface area contributed by atoms with Gasteiger partial charge < -0.3 is 14.1 Å². The molecule has 8 nitrogen and oxygen atoms in total. The van der Waals surface area contributed by atoms with Crippen molar-refractivity contribution < 1.29 is 13.9 Å². The van der Waals surface area contributed by atoms with Crippen molar-refractivity contribution in [2.75, 3.05) is 0 Å². The Morgan fingerprint density at radius 3 is 2.79 bits per heavy atom. The highest BCUT2D eigenvalue weighted by Crippen LogP contribution is 2.35. The predicted molar refractivity (Wildman–Crippen MR) is 141 cm³/mol. The van der Waals surface area contributed by atoms with Gasteiger partial charge in [-0.2, -0.15) is 5.26 Å². The normalized spacial score (nSPS) is 16.4. The number of fused-ring (bicyclic) bond motifs is 1. The molecular formula is C29H23FN6O2. The van der Waals surface area contributed by atoms with Crippen LogP contribution in [0.1, 0.15) is 30.4 Å². The van der Waals surface area contributed by atoms with Gasteiger partial charge in [-0.1, -0.05) is 18.2 Å². The molecule has 0 spiro atoms. The summed E-state index contributed by atoms with van der Waals surface area (Å²) in [6.07, 6.45) is 3.57. The second-order valence-electron chi connectivity index (χ2n) is 9.37. The molecule has 0 amide bonds. The molecule has 38 heavy (non-hydrogen) atoms. The van der Waals surface area contributed by atoms with E-state index in [1.165, 1.54) is 12.1 Å². The largest absolute Gasteiger partial charge is 0.435 e. The summed E-state index contributed by atoms with van der Waals surface area (Å²) in [6.45, 7) is 0.365. The number of aromatic nitrogens is 4. The number of oxazole rings is 1. The number of hydrogen-bond acceptors (Lipinski definition) is 7. The first-order valence-corrected chi connectivity index (χ1v) is 12.3. The van der Waals surface area contributed by atoms with Crippen LogP contribution in [0.2, 0.25) is 0 Å². The Morgan fingerprint density at radius 2 is 2.03 bits per heavy atom. The third-order valence-electron chi connectivity index (χ3n) is 6.78. The minimum Gasteiger partial charge on any atom is -0.435 e. The number of aliphatic hydroxyl groups is 1. The molecule has 0 radical (unpaired) electrons. The molecule has 1 atom stereocenters. The van der Waals surface area contributed by atoms with E-state index in [0.717, 1.165) is 41.7 Å². The van der Waals surface area contributed by atoms with Gasteiger partial charge in [0.2, 0.25) is 5.89 Å². The van der Waals surface area contributed by atoms with E-state index in [1.54, 1.807) is 23.0 Å². The third kappa shape index (κ3) is 4.35. The van der Waals surface area contributed by atoms with Gasteiger partial charge in [0, 0.05) is 23.9 Å². The Kier molecular flexibility index (Phi) is 6.02. The summed E-state index contributed by atoms with van der Waals surface area (Å²) in [5, 5.41) is 27.9. The summed E-state index contributed by atoms with van der Waals surface area (Å²) < 4.78 is 22.0. The zero-order chi connectivity index (χ0) is 26.2. The van der Waals surface area contributed by atoms with Crippen molar-refractivity contribution in [3.8, 4) is 40.0 Å². The molecule has 1 N–H and O–H groups in total. The molecule has 2 heterocycles. The van der Waals surface area contributed by atoms with Crippen LogP contribution >= 0.6 is 0 Å². The van der Waals surface area contributed by atoms with E-state index >= 15 is 0 Å². The molecule has 0 unspecified atom stereocenters. The first-order chi connectivity index (χ1) is 18.5. The van der Waals surface area contributed by atoms with Crippen LogP contribution in [-0.4, -0.2) is 36.7 Å². The summed E-state index contributed by atoms with van der Waals surface area (Å²) in [5.41, 5.74) is 5.93. The summed E-state index contributed by atoms with van der Waals surface area (Å²) in [6, 6.07) is 18.0. The molecule has 1 aliphatic carbocycles. The topological polar surface area (TPSA) is 113 Å². The highest BCUT2D eigenvalue weighted by atomic mass is 19.1. The lowest BCUT2D eigenvalue weighted by atomic mass is 9.97. The number of rotatable bonds is 5. The highest BCUT2D eigenvalue weighted by molar-refractivity contribution is 5.90. The first-order valence-electron chi connectivity index (χ1n) is 12.3. The van der Waals surface area contributed by atoms with Crippen molar-refractivity contribution in [2.24, 2.45) is 12.0 Å². The van der Waals surface area contributed by atoms with E-state index in [4.69, 9.17) is 4.42 Å². The lowest BCUT2D eigenvalue weighted by molar-refractivity contribution is 0.242. The molecule has 1 fully saturated rings. The molecule has 5 aromatic rings. The van der Waals surface area contributed by atoms with Crippen molar-refractivity contribution in [3.05, 3.63) is 77.9 Å². The molecule has 2 aromatic heterocycles. The maximum absolute atomic E-state index is 14.2. The molecule has 1 saturated carbocycles. The minimum atomic E-state index is -0.476. The molecular weight excluding hydrogens is 483 g/mol. The smallest absolute Gasteiger partial charge is 0.227 e. The SMILES string of the molecule is Cn1cnnc1-c1cc(F)ccc1-c1cccc(-c2nc3cc(CN=C4CCC[C@@H]4O)cc(C#N)c3o2)c1. The zero-order valence-electron chi connectivity index (χ0n) is 20.6. The van der Waals surface area contributed by atoms with Crippen LogP contribution in [0.5, 0.6) is 0 Å². The second kappa shape index (κ2) is 9.65. The van der Waals surface area contributed by atoms with Crippen molar-refractivity contribution in [3.63, 3.8) is 0 Å². The van der Waals surface area contributed by atoms with Crippen LogP contribution in [0, 0.1) is 17.1 Å². The third-order valence-corrected chi connectivity index (χ3v) is 6.78. The van der Waals surface area contributed by atoms with Gasteiger partial charge in [0.05, 0.1) is 18.2 Å². The highest BCUT2D eigenvalue weighted by Gasteiger charge is 2.20. The predicted octanol–water partition coefficient (Wildman–Crippen LogP) is 5.45. The monoisotopic (exact) mass is 506 g/mol. The summed E-state index contributed by atoms with van der Waals surface area (Å²) in [7, 11) is 1.81. The Hall–Kier alpha value is -4.68. The van der Waals surface area contributed by atoms with Crippen LogP contribution < -0.4 is 0 Å². The Balaban J connectivity index is 1.39. The van der Waals surface area contributed by atoms with E-state index < -0.39 is 6.10 Å². The van der Waals surface area contributed by atoms with E-state index in [0.29, 0.717) is 46.0 Å². The molecule has 0 bridgehead atoms. The van der Waals surface area contributed by atoms with Crippen LogP contribution in [0.25, 0.3) is 45.1 Å². The van der Waals surface area contributed by atoms with Gasteiger partial charge in [0.1, 0.15) is 23.7 Å². The maximum Gasteiger partial charge on any atom is 0.227 e. The van der Waals surface area contributed by atoms with Crippen molar-refractivity contribution in [1.29, 1.82) is 5.26 Å². The standard InChI is InChI=1S/C29H23FN6O2/c1-36-16-33-35-28(36)23-13-21(30)8-9-22(23)18-4-2-5-19(12-18)29-34-25-11-17(10-20(14-31)27(25)38-29)15-32-24-6-3-7-26(24)37/h2,4-5,8-13,16,26,37H,3,6-7,15H2,1H3/t26-/m0/s1. The van der Waals surface area contributed by atoms with Gasteiger partial charge in [-0.25, -0.2) is 9.37 Å². The second-order valence-corrected chi connectivity index (χ2v) is 9.37. The Labute approximate surface area is 217 Å². The fourth-order valence-corrected chi connectivity index (χ4v) is 4.88. The maximum atomic E-state index is 14.2. The van der Waals surface area contributed by atoms with E-state index in [9.17, 15) is 14.8 Å². The number of nitrogens with zero attached hydrogens (tertiary/aromatic N) is 6. The Bertz CT molecular complexity index is 1750. The first kappa shape index (κ1) is 23.7. The number of aliphatic imine (C=N–C) groups is 1. The molecule has 3 aromatic carbocycles. The number of aliphatic hydroxyl groups excluding tert-OH is 1. The van der Waals surface area contributed by atoms with Gasteiger partial charge in [-0.15, -0.1) is 10.2 Å². The quantitative estimate of drug-likeness (QED) is 0.339. The van der Waals surface area contributed by atoms with Crippen molar-refractivity contribution in [2.45, 2.75) is 31.9 Å². The molecule has 0 aliphatic heterocycles. The zero-order valence-corrected chi connectivity index (χ0v) is 20.6. The summed E-state index contributed by atoms with van der Waals surface area (Å²) >= 11 is 0.